The van der Waals surface area contributed by atoms with Crippen molar-refractivity contribution in [1.29, 1.82) is 0 Å². The molecule has 4 heterocycles. The maximum absolute atomic E-state index is 15.7. The van der Waals surface area contributed by atoms with Gasteiger partial charge < -0.3 is 19.8 Å². The lowest BCUT2D eigenvalue weighted by Gasteiger charge is -2.21. The first-order chi connectivity index (χ1) is 15.8. The Morgan fingerprint density at radius 3 is 2.82 bits per heavy atom. The van der Waals surface area contributed by atoms with Crippen molar-refractivity contribution in [2.24, 2.45) is 0 Å². The fourth-order valence-corrected chi connectivity index (χ4v) is 4.31. The lowest BCUT2D eigenvalue weighted by molar-refractivity contribution is -0.137. The zero-order valence-corrected chi connectivity index (χ0v) is 18.0. The molecule has 0 saturated carbocycles. The summed E-state index contributed by atoms with van der Waals surface area (Å²) in [5.74, 6) is -1.57. The second-order valence-corrected chi connectivity index (χ2v) is 8.14. The molecule has 0 unspecified atom stereocenters. The summed E-state index contributed by atoms with van der Waals surface area (Å²) in [5, 5.41) is 2.64. The second-order valence-electron chi connectivity index (χ2n) is 7.80. The fourth-order valence-electron chi connectivity index (χ4n) is 4.19. The number of aromatic nitrogens is 4. The Kier molecular flexibility index (Phi) is 5.45. The fraction of sp³-hybridized carbons (Fsp3) is 0.333. The first kappa shape index (κ1) is 21.7. The summed E-state index contributed by atoms with van der Waals surface area (Å²) in [6.45, 7) is -1.13. The van der Waals surface area contributed by atoms with Gasteiger partial charge in [-0.1, -0.05) is 6.92 Å². The van der Waals surface area contributed by atoms with Crippen LogP contribution in [0.25, 0.3) is 11.3 Å². The lowest BCUT2D eigenvalue weighted by Crippen LogP contribution is -2.34. The lowest BCUT2D eigenvalue weighted by atomic mass is 9.87. The van der Waals surface area contributed by atoms with E-state index in [1.807, 2.05) is 6.92 Å². The molecule has 0 fully saturated rings. The molecule has 2 aliphatic rings. The van der Waals surface area contributed by atoms with Crippen LogP contribution in [-0.2, 0) is 24.2 Å². The van der Waals surface area contributed by atoms with E-state index in [0.717, 1.165) is 17.5 Å². The van der Waals surface area contributed by atoms with Crippen LogP contribution in [0, 0.1) is 5.82 Å². The Balaban J connectivity index is 1.56. The number of amides is 1. The Morgan fingerprint density at radius 2 is 2.03 bits per heavy atom. The number of ether oxygens (including phenoxy) is 2. The predicted molar refractivity (Wildman–Crippen MR) is 110 cm³/mol. The van der Waals surface area contributed by atoms with Crippen molar-refractivity contribution >= 4 is 17.5 Å². The van der Waals surface area contributed by atoms with E-state index in [1.165, 1.54) is 6.20 Å². The van der Waals surface area contributed by atoms with Crippen molar-refractivity contribution in [2.45, 2.75) is 38.9 Å². The highest BCUT2D eigenvalue weighted by molar-refractivity contribution is 6.28. The molecule has 1 atom stereocenters. The molecule has 0 saturated heterocycles. The van der Waals surface area contributed by atoms with Crippen LogP contribution in [0.4, 0.5) is 13.2 Å². The molecule has 0 spiro atoms. The van der Waals surface area contributed by atoms with Gasteiger partial charge in [-0.2, -0.15) is 13.8 Å². The van der Waals surface area contributed by atoms with Crippen molar-refractivity contribution in [2.75, 3.05) is 6.54 Å². The molecule has 2 N–H and O–H groups in total. The molecule has 0 aromatic carbocycles. The van der Waals surface area contributed by atoms with Crippen LogP contribution in [0.2, 0.25) is 5.28 Å². The van der Waals surface area contributed by atoms with Crippen LogP contribution >= 0.6 is 11.6 Å². The third kappa shape index (κ3) is 3.80. The maximum atomic E-state index is 15.7. The number of nitrogens with one attached hydrogen (secondary N) is 2. The molecular formula is C21H17ClF3N5O3. The third-order valence-electron chi connectivity index (χ3n) is 5.74. The van der Waals surface area contributed by atoms with E-state index in [0.29, 0.717) is 36.2 Å². The monoisotopic (exact) mass is 479 g/mol. The van der Waals surface area contributed by atoms with Crippen molar-refractivity contribution in [3.05, 3.63) is 51.4 Å². The van der Waals surface area contributed by atoms with Crippen LogP contribution in [0.5, 0.6) is 11.8 Å². The Morgan fingerprint density at radius 1 is 1.21 bits per heavy atom. The second kappa shape index (κ2) is 8.31. The predicted octanol–water partition coefficient (Wildman–Crippen LogP) is 4.14. The SMILES string of the molecule is C[C@@H]1CNC(=O)c2c1[nH]c1c2CCc2cnc(Oc3nc(Cl)ncc3COC(F)F)c(F)c2-1. The molecule has 1 aliphatic heterocycles. The smallest absolute Gasteiger partial charge is 0.345 e. The zero-order chi connectivity index (χ0) is 23.3. The van der Waals surface area contributed by atoms with Gasteiger partial charge in [-0.05, 0) is 35.6 Å². The highest BCUT2D eigenvalue weighted by Gasteiger charge is 2.34. The number of rotatable bonds is 5. The number of hydrogen-bond acceptors (Lipinski definition) is 6. The van der Waals surface area contributed by atoms with Crippen LogP contribution in [0.1, 0.15) is 45.6 Å². The average molecular weight is 480 g/mol. The number of carbonyl (C=O) groups is 1. The van der Waals surface area contributed by atoms with Gasteiger partial charge in [-0.3, -0.25) is 4.79 Å². The number of fused-ring (bicyclic) bond motifs is 5. The topological polar surface area (TPSA) is 102 Å². The van der Waals surface area contributed by atoms with Crippen LogP contribution in [0.3, 0.4) is 0 Å². The van der Waals surface area contributed by atoms with E-state index in [1.54, 1.807) is 0 Å². The molecule has 0 radical (unpaired) electrons. The summed E-state index contributed by atoms with van der Waals surface area (Å²) in [6, 6.07) is 0. The van der Waals surface area contributed by atoms with Crippen molar-refractivity contribution in [1.82, 2.24) is 25.3 Å². The van der Waals surface area contributed by atoms with Gasteiger partial charge in [-0.25, -0.2) is 14.4 Å². The van der Waals surface area contributed by atoms with Gasteiger partial charge in [0, 0.05) is 36.1 Å². The molecule has 8 nitrogen and oxygen atoms in total. The zero-order valence-electron chi connectivity index (χ0n) is 17.2. The summed E-state index contributed by atoms with van der Waals surface area (Å²) >= 11 is 5.80. The summed E-state index contributed by atoms with van der Waals surface area (Å²) in [6.07, 6.45) is 3.69. The molecule has 0 bridgehead atoms. The number of aromatic amines is 1. The minimum atomic E-state index is -3.02. The number of nitrogens with zero attached hydrogens (tertiary/aromatic N) is 3. The number of carbonyl (C=O) groups excluding carboxylic acids is 1. The van der Waals surface area contributed by atoms with Crippen molar-refractivity contribution in [3.8, 4) is 23.0 Å². The minimum Gasteiger partial charge on any atom is -0.417 e. The third-order valence-corrected chi connectivity index (χ3v) is 5.92. The molecule has 33 heavy (non-hydrogen) atoms. The normalized spacial score (nSPS) is 16.8. The first-order valence-corrected chi connectivity index (χ1v) is 10.5. The molecule has 3 aromatic heterocycles. The van der Waals surface area contributed by atoms with Crippen molar-refractivity contribution in [3.63, 3.8) is 0 Å². The quantitative estimate of drug-likeness (QED) is 0.533. The van der Waals surface area contributed by atoms with Crippen molar-refractivity contribution < 1.29 is 27.4 Å². The summed E-state index contributed by atoms with van der Waals surface area (Å²) in [4.78, 5) is 27.4. The van der Waals surface area contributed by atoms with Gasteiger partial charge in [-0.15, -0.1) is 0 Å². The summed E-state index contributed by atoms with van der Waals surface area (Å²) in [5.41, 5.74) is 3.53. The molecule has 1 amide bonds. The first-order valence-electron chi connectivity index (χ1n) is 10.1. The van der Waals surface area contributed by atoms with Crippen LogP contribution in [0.15, 0.2) is 12.4 Å². The van der Waals surface area contributed by atoms with E-state index in [2.05, 4.69) is 30.0 Å². The molecular weight excluding hydrogens is 463 g/mol. The molecule has 12 heteroatoms. The number of pyridine rings is 1. The number of aryl methyl sites for hydroxylation is 1. The van der Waals surface area contributed by atoms with E-state index in [9.17, 15) is 13.6 Å². The average Bonchev–Trinajstić information content (AvgIpc) is 3.18. The van der Waals surface area contributed by atoms with Gasteiger partial charge in [0.05, 0.1) is 23.4 Å². The molecule has 172 valence electrons. The Labute approximate surface area is 190 Å². The van der Waals surface area contributed by atoms with Gasteiger partial charge in [0.25, 0.3) is 11.8 Å². The van der Waals surface area contributed by atoms with Gasteiger partial charge in [0.1, 0.15) is 0 Å². The molecule has 1 aliphatic carbocycles. The van der Waals surface area contributed by atoms with E-state index in [4.69, 9.17) is 16.3 Å². The maximum Gasteiger partial charge on any atom is 0.345 e. The van der Waals surface area contributed by atoms with Crippen LogP contribution < -0.4 is 10.1 Å². The van der Waals surface area contributed by atoms with Gasteiger partial charge in [0.2, 0.25) is 11.2 Å². The van der Waals surface area contributed by atoms with Crippen LogP contribution in [-0.4, -0.2) is 39.0 Å². The Hall–Kier alpha value is -3.18. The highest BCUT2D eigenvalue weighted by atomic mass is 35.5. The highest BCUT2D eigenvalue weighted by Crippen LogP contribution is 2.42. The van der Waals surface area contributed by atoms with E-state index < -0.39 is 24.9 Å². The summed E-state index contributed by atoms with van der Waals surface area (Å²) < 4.78 is 50.5. The minimum absolute atomic E-state index is 0.0418. The number of alkyl halides is 2. The molecule has 3 aromatic rings. The van der Waals surface area contributed by atoms with E-state index >= 15 is 4.39 Å². The largest absolute Gasteiger partial charge is 0.417 e. The number of hydrogen-bond donors (Lipinski definition) is 2. The molecule has 5 rings (SSSR count). The number of halogens is 4. The summed E-state index contributed by atoms with van der Waals surface area (Å²) in [7, 11) is 0. The standard InChI is InChI=1S/C21H17ClF3N5O3/c1-8-4-26-17(31)13-11-3-2-9-5-27-19(14(23)12(9)16(11)29-15(8)13)33-18-10(7-32-21(24)25)6-28-20(22)30-18/h5-6,8,21,29H,2-4,7H2,1H3,(H,26,31)/t8-/m1/s1. The van der Waals surface area contributed by atoms with Gasteiger partial charge in [0.15, 0.2) is 5.82 Å². The van der Waals surface area contributed by atoms with Gasteiger partial charge >= 0.3 is 6.61 Å². The number of H-pyrrole nitrogens is 1. The van der Waals surface area contributed by atoms with E-state index in [-0.39, 0.29) is 34.1 Å². The Bertz CT molecular complexity index is 1270.